The highest BCUT2D eigenvalue weighted by molar-refractivity contribution is 5.76. The molecule has 3 heterocycles. The van der Waals surface area contributed by atoms with Crippen LogP contribution in [-0.4, -0.2) is 193 Å². The molecule has 3 aliphatic heterocycles. The summed E-state index contributed by atoms with van der Waals surface area (Å²) in [6.07, 6.45) is 37.5. The van der Waals surface area contributed by atoms with Gasteiger partial charge in [0.1, 0.15) is 73.2 Å². The summed E-state index contributed by atoms with van der Waals surface area (Å²) >= 11 is 0. The molecule has 3 aliphatic rings. The number of carbonyl (C=O) groups is 1. The lowest BCUT2D eigenvalue weighted by Gasteiger charge is -2.48. The molecule has 0 radical (unpaired) electrons. The summed E-state index contributed by atoms with van der Waals surface area (Å²) in [5, 5.41) is 120. The van der Waals surface area contributed by atoms with Crippen LogP contribution in [0, 0.1) is 0 Å². The Hall–Kier alpha value is -3.55. The van der Waals surface area contributed by atoms with Crippen LogP contribution in [0.25, 0.3) is 0 Å². The van der Waals surface area contributed by atoms with E-state index in [0.29, 0.717) is 19.3 Å². The third-order valence-electron chi connectivity index (χ3n) is 15.6. The van der Waals surface area contributed by atoms with Crippen LogP contribution >= 0.6 is 0 Å². The van der Waals surface area contributed by atoms with E-state index in [1.807, 2.05) is 0 Å². The first kappa shape index (κ1) is 77.7. The second-order valence-corrected chi connectivity index (χ2v) is 22.8. The highest BCUT2D eigenvalue weighted by atomic mass is 16.8. The van der Waals surface area contributed by atoms with Crippen molar-refractivity contribution >= 4 is 5.91 Å². The number of ether oxygens (including phenoxy) is 6. The van der Waals surface area contributed by atoms with E-state index in [-0.39, 0.29) is 18.9 Å². The summed E-state index contributed by atoms with van der Waals surface area (Å²) in [7, 11) is 0. The van der Waals surface area contributed by atoms with Crippen LogP contribution in [0.5, 0.6) is 0 Å². The summed E-state index contributed by atoms with van der Waals surface area (Å²) in [6.45, 7) is 1.61. The number of hydrogen-bond acceptors (Lipinski definition) is 18. The fraction of sp³-hybridized carbons (Fsp3) is 0.721. The molecule has 3 rings (SSSR count). The number of unbranched alkanes of at least 4 members (excludes halogenated alkanes) is 13. The second kappa shape index (κ2) is 49.2. The zero-order valence-electron chi connectivity index (χ0n) is 52.2. The van der Waals surface area contributed by atoms with Gasteiger partial charge in [0.2, 0.25) is 5.91 Å². The summed E-state index contributed by atoms with van der Waals surface area (Å²) < 4.78 is 34.3. The van der Waals surface area contributed by atoms with Gasteiger partial charge in [-0.2, -0.15) is 0 Å². The Morgan fingerprint density at radius 3 is 1.23 bits per heavy atom. The molecule has 19 heteroatoms. The van der Waals surface area contributed by atoms with Gasteiger partial charge in [0.15, 0.2) is 18.9 Å². The second-order valence-electron chi connectivity index (χ2n) is 22.8. The van der Waals surface area contributed by atoms with E-state index in [1.54, 1.807) is 0 Å². The summed E-state index contributed by atoms with van der Waals surface area (Å²) in [4.78, 5) is 13.4. The van der Waals surface area contributed by atoms with Crippen molar-refractivity contribution < 1.29 is 89.4 Å². The van der Waals surface area contributed by atoms with E-state index < -0.39 is 124 Å². The summed E-state index contributed by atoms with van der Waals surface area (Å²) in [5.74, 6) is -0.282. The van der Waals surface area contributed by atoms with E-state index >= 15 is 0 Å². The molecule has 3 saturated heterocycles. The lowest BCUT2D eigenvalue weighted by atomic mass is 9.96. The van der Waals surface area contributed by atoms with Crippen LogP contribution in [0.15, 0.2) is 109 Å². The van der Waals surface area contributed by atoms with E-state index in [0.717, 1.165) is 96.3 Å². The maximum atomic E-state index is 13.4. The zero-order chi connectivity index (χ0) is 63.3. The van der Waals surface area contributed by atoms with Gasteiger partial charge in [0.05, 0.1) is 38.6 Å². The van der Waals surface area contributed by atoms with Crippen LogP contribution < -0.4 is 5.32 Å². The zero-order valence-corrected chi connectivity index (χ0v) is 52.2. The Morgan fingerprint density at radius 1 is 0.425 bits per heavy atom. The van der Waals surface area contributed by atoms with Crippen molar-refractivity contribution in [3.8, 4) is 0 Å². The molecule has 1 amide bonds. The van der Waals surface area contributed by atoms with Crippen molar-refractivity contribution in [2.75, 3.05) is 26.4 Å². The van der Waals surface area contributed by atoms with Crippen LogP contribution in [0.4, 0.5) is 0 Å². The predicted octanol–water partition coefficient (Wildman–Crippen LogP) is 7.49. The molecule has 17 atom stereocenters. The molecule has 0 aromatic heterocycles. The Morgan fingerprint density at radius 2 is 0.793 bits per heavy atom. The van der Waals surface area contributed by atoms with Gasteiger partial charge in [-0.15, -0.1) is 0 Å². The van der Waals surface area contributed by atoms with Crippen LogP contribution in [-0.2, 0) is 33.2 Å². The van der Waals surface area contributed by atoms with Crippen molar-refractivity contribution in [2.24, 2.45) is 0 Å². The molecule has 498 valence electrons. The van der Waals surface area contributed by atoms with Gasteiger partial charge in [-0.05, 0) is 83.5 Å². The predicted molar refractivity (Wildman–Crippen MR) is 337 cm³/mol. The molecule has 87 heavy (non-hydrogen) atoms. The first-order chi connectivity index (χ1) is 42.3. The van der Waals surface area contributed by atoms with Gasteiger partial charge in [-0.3, -0.25) is 4.79 Å². The smallest absolute Gasteiger partial charge is 0.220 e. The van der Waals surface area contributed by atoms with E-state index in [2.05, 4.69) is 129 Å². The average molecular weight is 1230 g/mol. The number of hydrogen-bond donors (Lipinski definition) is 12. The first-order valence-electron chi connectivity index (χ1n) is 32.6. The number of amides is 1. The number of nitrogens with one attached hydrogen (secondary N) is 1. The van der Waals surface area contributed by atoms with Gasteiger partial charge >= 0.3 is 0 Å². The molecular formula is C68H113NO18. The lowest BCUT2D eigenvalue weighted by molar-refractivity contribution is -0.379. The Labute approximate surface area is 519 Å². The maximum absolute atomic E-state index is 13.4. The topological polar surface area (TPSA) is 307 Å². The fourth-order valence-electron chi connectivity index (χ4n) is 10.3. The van der Waals surface area contributed by atoms with E-state index in [4.69, 9.17) is 28.4 Å². The molecule has 17 unspecified atom stereocenters. The number of rotatable bonds is 47. The van der Waals surface area contributed by atoms with Gasteiger partial charge in [-0.25, -0.2) is 0 Å². The quantitative estimate of drug-likeness (QED) is 0.0207. The SMILES string of the molecule is CC/C=C\C/C=C\C/C=C\C/C=C\C/C=C\C/C=C\C/C=C\C/C=C\C/C=C\CCCCCC(=O)NC(COC1OC(CO)C(OC2OC(CO)C(OC3OC(CO)C(O)C(O)C3O)C(O)C2O)C(O)C1O)C(O)CCCCCCCCCCCCC. The molecule has 12 N–H and O–H groups in total. The Bertz CT molecular complexity index is 2000. The molecule has 0 aromatic carbocycles. The summed E-state index contributed by atoms with van der Waals surface area (Å²) in [5.41, 5.74) is 0. The van der Waals surface area contributed by atoms with E-state index in [1.165, 1.54) is 44.9 Å². The standard InChI is InChI=1S/C68H113NO18/c1-3-5-7-9-11-13-15-16-17-18-19-20-21-22-23-24-25-26-27-28-29-30-31-32-33-34-36-38-40-42-44-46-56(74)69-51(52(73)45-43-41-39-37-35-14-12-10-8-6-4-2)50-82-66-62(80)59(77)64(54(48-71)84-66)87-68-63(81)60(78)65(55(49-72)85-68)86-67-61(79)58(76)57(75)53(47-70)83-67/h5,7,11,13,16-17,19-20,22-23,25-26,28-29,31-32,34,36,51-55,57-68,70-73,75-81H,3-4,6,8-10,12,14-15,18,21,24,27,30,33,35,37-50H2,1-2H3,(H,69,74)/b7-5-,13-11-,17-16-,20-19-,23-22-,26-25-,29-28-,32-31-,36-34-. The molecule has 19 nitrogen and oxygen atoms in total. The monoisotopic (exact) mass is 1230 g/mol. The summed E-state index contributed by atoms with van der Waals surface area (Å²) in [6, 6.07) is -0.912. The maximum Gasteiger partial charge on any atom is 0.220 e. The third kappa shape index (κ3) is 31.8. The molecule has 0 bridgehead atoms. The van der Waals surface area contributed by atoms with Gasteiger partial charge < -0.3 is 89.9 Å². The number of aliphatic hydroxyl groups is 11. The Balaban J connectivity index is 1.42. The van der Waals surface area contributed by atoms with Gasteiger partial charge in [-0.1, -0.05) is 200 Å². The molecule has 0 spiro atoms. The van der Waals surface area contributed by atoms with Crippen molar-refractivity contribution in [3.05, 3.63) is 109 Å². The molecule has 0 saturated carbocycles. The fourth-order valence-corrected chi connectivity index (χ4v) is 10.3. The molecular weight excluding hydrogens is 1120 g/mol. The minimum atomic E-state index is -1.98. The lowest BCUT2D eigenvalue weighted by Crippen LogP contribution is -2.66. The number of carbonyl (C=O) groups excluding carboxylic acids is 1. The van der Waals surface area contributed by atoms with Gasteiger partial charge in [0, 0.05) is 6.42 Å². The van der Waals surface area contributed by atoms with Crippen molar-refractivity contribution in [2.45, 2.75) is 285 Å². The normalized spacial score (nSPS) is 29.3. The van der Waals surface area contributed by atoms with Crippen molar-refractivity contribution in [1.29, 1.82) is 0 Å². The third-order valence-corrected chi connectivity index (χ3v) is 15.6. The van der Waals surface area contributed by atoms with Gasteiger partial charge in [0.25, 0.3) is 0 Å². The van der Waals surface area contributed by atoms with Crippen molar-refractivity contribution in [3.63, 3.8) is 0 Å². The highest BCUT2D eigenvalue weighted by Gasteiger charge is 2.53. The molecule has 3 fully saturated rings. The number of aliphatic hydroxyl groups excluding tert-OH is 11. The van der Waals surface area contributed by atoms with Crippen LogP contribution in [0.3, 0.4) is 0 Å². The largest absolute Gasteiger partial charge is 0.394 e. The Kier molecular flexibility index (Phi) is 43.9. The van der Waals surface area contributed by atoms with E-state index in [9.17, 15) is 61.0 Å². The van der Waals surface area contributed by atoms with Crippen LogP contribution in [0.2, 0.25) is 0 Å². The molecule has 0 aromatic rings. The molecule has 0 aliphatic carbocycles. The average Bonchev–Trinajstić information content (AvgIpc) is 3.71. The van der Waals surface area contributed by atoms with Crippen molar-refractivity contribution in [1.82, 2.24) is 5.32 Å². The minimum Gasteiger partial charge on any atom is -0.394 e. The minimum absolute atomic E-state index is 0.218. The highest BCUT2D eigenvalue weighted by Crippen LogP contribution is 2.33. The number of allylic oxidation sites excluding steroid dienone is 18. The van der Waals surface area contributed by atoms with Crippen LogP contribution in [0.1, 0.15) is 181 Å². The first-order valence-corrected chi connectivity index (χ1v) is 32.6.